The number of rotatable bonds is 5. The van der Waals surface area contributed by atoms with Gasteiger partial charge in [-0.05, 0) is 99.3 Å². The first-order valence-corrected chi connectivity index (χ1v) is 24.2. The first-order valence-electron chi connectivity index (χ1n) is 19.6. The van der Waals surface area contributed by atoms with Gasteiger partial charge in [-0.2, -0.15) is 0 Å². The summed E-state index contributed by atoms with van der Waals surface area (Å²) in [6.45, 7) is 15.0. The van der Waals surface area contributed by atoms with Gasteiger partial charge < -0.3 is 0 Å². The van der Waals surface area contributed by atoms with Crippen LogP contribution in [0.5, 0.6) is 0 Å². The molecule has 0 amide bonds. The summed E-state index contributed by atoms with van der Waals surface area (Å²) >= 11 is 4.09. The summed E-state index contributed by atoms with van der Waals surface area (Å²) in [5.41, 5.74) is 12.0. The van der Waals surface area contributed by atoms with Crippen molar-refractivity contribution in [3.8, 4) is 11.1 Å². The molecule has 0 unspecified atom stereocenters. The van der Waals surface area contributed by atoms with Crippen LogP contribution < -0.4 is 10.4 Å². The third-order valence-corrected chi connectivity index (χ3v) is 19.5. The Kier molecular flexibility index (Phi) is 8.33. The molecule has 5 aromatic rings. The molecule has 0 N–H and O–H groups in total. The lowest BCUT2D eigenvalue weighted by Crippen LogP contribution is -2.54. The molecule has 5 aromatic carbocycles. The third-order valence-electron chi connectivity index (χ3n) is 13.4. The van der Waals surface area contributed by atoms with E-state index in [4.69, 9.17) is 0 Å². The Morgan fingerprint density at radius 3 is 1.92 bits per heavy atom. The smallest absolute Gasteiger partial charge is 0.0896 e. The SMILES string of the molecule is CC1(C)c2ccccc2Sc2c1cccc2[Si](C)(C)c1cccc(-c2c(C3CCCC3)ccc3c2Sc2cc(C4CCCC4)ccc2C3(C)C)c1. The normalized spacial score (nSPS) is 19.3. The van der Waals surface area contributed by atoms with E-state index < -0.39 is 8.07 Å². The van der Waals surface area contributed by atoms with Crippen molar-refractivity contribution >= 4 is 42.0 Å². The van der Waals surface area contributed by atoms with Crippen molar-refractivity contribution in [2.45, 2.75) is 134 Å². The van der Waals surface area contributed by atoms with Crippen LogP contribution in [0.2, 0.25) is 13.1 Å². The molecule has 260 valence electrons. The van der Waals surface area contributed by atoms with E-state index in [2.05, 4.69) is 150 Å². The lowest BCUT2D eigenvalue weighted by Gasteiger charge is -2.38. The molecule has 0 spiro atoms. The zero-order valence-electron chi connectivity index (χ0n) is 31.4. The molecule has 2 fully saturated rings. The van der Waals surface area contributed by atoms with Crippen LogP contribution in [0.3, 0.4) is 0 Å². The number of hydrogen-bond donors (Lipinski definition) is 0. The van der Waals surface area contributed by atoms with E-state index in [-0.39, 0.29) is 10.8 Å². The average Bonchev–Trinajstić information content (AvgIpc) is 3.87. The largest absolute Gasteiger partial charge is 0.113 e. The van der Waals surface area contributed by atoms with Crippen molar-refractivity contribution in [1.29, 1.82) is 0 Å². The summed E-state index contributed by atoms with van der Waals surface area (Å²) in [6, 6.07) is 38.8. The highest BCUT2D eigenvalue weighted by Gasteiger charge is 2.40. The first-order chi connectivity index (χ1) is 24.5. The summed E-state index contributed by atoms with van der Waals surface area (Å²) < 4.78 is 0. The molecular formula is C48H52S2Si. The van der Waals surface area contributed by atoms with Crippen molar-refractivity contribution in [1.82, 2.24) is 0 Å². The minimum atomic E-state index is -2.10. The fraction of sp³-hybridized carbons (Fsp3) is 0.375. The van der Waals surface area contributed by atoms with Gasteiger partial charge in [0.15, 0.2) is 0 Å². The highest BCUT2D eigenvalue weighted by molar-refractivity contribution is 8.00. The van der Waals surface area contributed by atoms with E-state index in [0.29, 0.717) is 5.92 Å². The van der Waals surface area contributed by atoms with Crippen LogP contribution in [-0.4, -0.2) is 8.07 Å². The highest BCUT2D eigenvalue weighted by Crippen LogP contribution is 2.56. The molecule has 2 aliphatic carbocycles. The van der Waals surface area contributed by atoms with Crippen LogP contribution in [0, 0.1) is 0 Å². The second-order valence-electron chi connectivity index (χ2n) is 17.5. The summed E-state index contributed by atoms with van der Waals surface area (Å²) in [5, 5.41) is 3.10. The summed E-state index contributed by atoms with van der Waals surface area (Å²) in [7, 11) is -2.10. The van der Waals surface area contributed by atoms with E-state index in [0.717, 1.165) is 5.92 Å². The maximum absolute atomic E-state index is 2.63. The molecule has 0 saturated heterocycles. The zero-order valence-corrected chi connectivity index (χ0v) is 34.0. The Labute approximate surface area is 316 Å². The van der Waals surface area contributed by atoms with Crippen LogP contribution in [0.15, 0.2) is 117 Å². The van der Waals surface area contributed by atoms with E-state index in [9.17, 15) is 0 Å². The van der Waals surface area contributed by atoms with E-state index in [1.165, 1.54) is 110 Å². The number of fused-ring (bicyclic) bond motifs is 4. The molecule has 2 aliphatic heterocycles. The Balaban J connectivity index is 1.18. The van der Waals surface area contributed by atoms with Crippen molar-refractivity contribution < 1.29 is 0 Å². The van der Waals surface area contributed by atoms with Crippen LogP contribution in [0.4, 0.5) is 0 Å². The van der Waals surface area contributed by atoms with Crippen molar-refractivity contribution in [3.05, 3.63) is 130 Å². The van der Waals surface area contributed by atoms with E-state index >= 15 is 0 Å². The maximum atomic E-state index is 2.63. The lowest BCUT2D eigenvalue weighted by atomic mass is 9.75. The van der Waals surface area contributed by atoms with Gasteiger partial charge in [0.2, 0.25) is 0 Å². The molecule has 51 heavy (non-hydrogen) atoms. The predicted molar refractivity (Wildman–Crippen MR) is 223 cm³/mol. The van der Waals surface area contributed by atoms with E-state index in [1.807, 2.05) is 11.8 Å². The molecule has 0 bridgehead atoms. The molecule has 4 aliphatic rings. The van der Waals surface area contributed by atoms with Gasteiger partial charge in [-0.3, -0.25) is 0 Å². The standard InChI is InChI=1S/C48H52S2Si/c1-47(2)37-21-11-12-23-41(37)49-45-39(47)22-14-24-43(45)51(5,6)35-20-13-19-34(29-35)44-36(32-17-9-10-18-32)26-28-40-46(44)50-42-30-33(31-15-7-8-16-31)25-27-38(42)48(40,3)4/h11-14,19-32H,7-10,15-18H2,1-6H3. The van der Waals surface area contributed by atoms with Gasteiger partial charge in [0.05, 0.1) is 0 Å². The van der Waals surface area contributed by atoms with Crippen molar-refractivity contribution in [2.75, 3.05) is 0 Å². The van der Waals surface area contributed by atoms with Crippen LogP contribution in [0.1, 0.15) is 124 Å². The predicted octanol–water partition coefficient (Wildman–Crippen LogP) is 13.1. The van der Waals surface area contributed by atoms with Gasteiger partial charge in [-0.15, -0.1) is 0 Å². The Morgan fingerprint density at radius 2 is 1.16 bits per heavy atom. The summed E-state index contributed by atoms with van der Waals surface area (Å²) in [6.07, 6.45) is 10.8. The van der Waals surface area contributed by atoms with Crippen LogP contribution in [0.25, 0.3) is 11.1 Å². The topological polar surface area (TPSA) is 0 Å². The minimum absolute atomic E-state index is 0.0171. The second kappa shape index (κ2) is 12.6. The van der Waals surface area contributed by atoms with Crippen LogP contribution >= 0.6 is 23.5 Å². The molecule has 3 heteroatoms. The van der Waals surface area contributed by atoms with Gasteiger partial charge in [-0.1, -0.05) is 180 Å². The number of benzene rings is 5. The highest BCUT2D eigenvalue weighted by atomic mass is 32.2. The second-order valence-corrected chi connectivity index (χ2v) is 23.9. The average molecular weight is 721 g/mol. The van der Waals surface area contributed by atoms with Gasteiger partial charge >= 0.3 is 0 Å². The Bertz CT molecular complexity index is 2160. The van der Waals surface area contributed by atoms with Gasteiger partial charge in [0.1, 0.15) is 8.07 Å². The Morgan fingerprint density at radius 1 is 0.549 bits per heavy atom. The van der Waals surface area contributed by atoms with E-state index in [1.54, 1.807) is 16.3 Å². The summed E-state index contributed by atoms with van der Waals surface area (Å²) in [4.78, 5) is 5.92. The lowest BCUT2D eigenvalue weighted by molar-refractivity contribution is 0.603. The van der Waals surface area contributed by atoms with Gasteiger partial charge in [0.25, 0.3) is 0 Å². The van der Waals surface area contributed by atoms with Crippen molar-refractivity contribution in [3.63, 3.8) is 0 Å². The molecule has 0 nitrogen and oxygen atoms in total. The Hall–Kier alpha value is -2.98. The molecule has 2 heterocycles. The molecule has 9 rings (SSSR count). The first kappa shape index (κ1) is 33.8. The van der Waals surface area contributed by atoms with Crippen LogP contribution in [-0.2, 0) is 10.8 Å². The van der Waals surface area contributed by atoms with Gasteiger partial charge in [-0.25, -0.2) is 0 Å². The fourth-order valence-electron chi connectivity index (χ4n) is 10.2. The molecular weight excluding hydrogens is 669 g/mol. The monoisotopic (exact) mass is 720 g/mol. The minimum Gasteiger partial charge on any atom is -0.0896 e. The maximum Gasteiger partial charge on any atom is 0.113 e. The summed E-state index contributed by atoms with van der Waals surface area (Å²) in [5.74, 6) is 1.38. The zero-order chi connectivity index (χ0) is 35.1. The van der Waals surface area contributed by atoms with Gasteiger partial charge in [0, 0.05) is 30.4 Å². The molecule has 0 atom stereocenters. The molecule has 2 saturated carbocycles. The fourth-order valence-corrected chi connectivity index (χ4v) is 16.7. The third kappa shape index (κ3) is 5.47. The molecule has 0 aromatic heterocycles. The van der Waals surface area contributed by atoms with Crippen molar-refractivity contribution in [2.24, 2.45) is 0 Å². The quantitative estimate of drug-likeness (QED) is 0.166. The molecule has 0 radical (unpaired) electrons. The number of hydrogen-bond acceptors (Lipinski definition) is 2.